The van der Waals surface area contributed by atoms with Crippen LogP contribution in [0, 0.1) is 16.0 Å². The molecule has 0 amide bonds. The third kappa shape index (κ3) is 5.54. The average Bonchev–Trinajstić information content (AvgIpc) is 2.99. The van der Waals surface area contributed by atoms with Crippen molar-refractivity contribution in [2.45, 2.75) is 71.8 Å². The molecule has 2 heterocycles. The van der Waals surface area contributed by atoms with Crippen molar-refractivity contribution in [1.82, 2.24) is 9.80 Å². The Kier molecular flexibility index (Phi) is 5.93. The minimum atomic E-state index is -0.612. The number of nitro groups is 1. The molecule has 0 aliphatic carbocycles. The maximum atomic E-state index is 11.1. The number of rotatable bonds is 6. The molecule has 0 spiro atoms. The van der Waals surface area contributed by atoms with E-state index in [9.17, 15) is 10.1 Å². The van der Waals surface area contributed by atoms with E-state index in [-0.39, 0.29) is 17.4 Å². The molecule has 2 aliphatic heterocycles. The van der Waals surface area contributed by atoms with E-state index < -0.39 is 5.03 Å². The van der Waals surface area contributed by atoms with Gasteiger partial charge < -0.3 is 19.3 Å². The van der Waals surface area contributed by atoms with E-state index in [2.05, 4.69) is 18.9 Å². The first-order valence-corrected chi connectivity index (χ1v) is 9.07. The van der Waals surface area contributed by atoms with Crippen LogP contribution in [-0.2, 0) is 9.47 Å². The van der Waals surface area contributed by atoms with Crippen molar-refractivity contribution >= 4 is 5.96 Å². The van der Waals surface area contributed by atoms with E-state index in [1.165, 1.54) is 0 Å². The van der Waals surface area contributed by atoms with Crippen molar-refractivity contribution in [2.75, 3.05) is 26.2 Å². The fraction of sp³-hybridized carbons (Fsp3) is 0.941. The van der Waals surface area contributed by atoms with Crippen molar-refractivity contribution in [1.29, 1.82) is 0 Å². The van der Waals surface area contributed by atoms with Crippen LogP contribution in [0.4, 0.5) is 0 Å². The van der Waals surface area contributed by atoms with Gasteiger partial charge in [-0.2, -0.15) is 0 Å². The van der Waals surface area contributed by atoms with Gasteiger partial charge in [0, 0.05) is 25.6 Å². The number of hydrogen-bond donors (Lipinski definition) is 0. The second kappa shape index (κ2) is 7.45. The Bertz CT molecular complexity index is 515. The molecule has 2 saturated heterocycles. The standard InChI is InChI=1S/C17H32N4O4/c1-7-14(25-16(2,3)4)20-9-8-19(15(20)18-21(22)23)11-13-10-17(5,6)24-12-13/h13-14H,7-12H2,1-6H3. The molecule has 0 bridgehead atoms. The maximum Gasteiger partial charge on any atom is 0.276 e. The van der Waals surface area contributed by atoms with Crippen LogP contribution in [0.15, 0.2) is 5.10 Å². The Morgan fingerprint density at radius 1 is 1.44 bits per heavy atom. The van der Waals surface area contributed by atoms with Crippen LogP contribution in [0.2, 0.25) is 0 Å². The first-order valence-electron chi connectivity index (χ1n) is 9.07. The highest BCUT2D eigenvalue weighted by Crippen LogP contribution is 2.31. The monoisotopic (exact) mass is 356 g/mol. The van der Waals surface area contributed by atoms with Crippen molar-refractivity contribution in [3.05, 3.63) is 10.1 Å². The average molecular weight is 356 g/mol. The van der Waals surface area contributed by atoms with Crippen LogP contribution in [0.25, 0.3) is 0 Å². The molecule has 0 aromatic carbocycles. The van der Waals surface area contributed by atoms with Crippen LogP contribution in [0.5, 0.6) is 0 Å². The van der Waals surface area contributed by atoms with E-state index in [4.69, 9.17) is 9.47 Å². The lowest BCUT2D eigenvalue weighted by molar-refractivity contribution is -0.486. The highest BCUT2D eigenvalue weighted by molar-refractivity contribution is 5.81. The number of hydrogen-bond acceptors (Lipinski definition) is 4. The molecule has 0 saturated carbocycles. The molecule has 8 heteroatoms. The number of hydrazone groups is 1. The summed E-state index contributed by atoms with van der Waals surface area (Å²) in [5.41, 5.74) is -0.442. The van der Waals surface area contributed by atoms with E-state index in [1.54, 1.807) is 0 Å². The summed E-state index contributed by atoms with van der Waals surface area (Å²) < 4.78 is 11.9. The lowest BCUT2D eigenvalue weighted by Gasteiger charge is -2.34. The summed E-state index contributed by atoms with van der Waals surface area (Å²) in [6.07, 6.45) is 1.46. The summed E-state index contributed by atoms with van der Waals surface area (Å²) in [5, 5.41) is 14.2. The molecule has 2 atom stereocenters. The van der Waals surface area contributed by atoms with E-state index >= 15 is 0 Å². The molecule has 144 valence electrons. The quantitative estimate of drug-likeness (QED) is 0.537. The first-order chi connectivity index (χ1) is 11.5. The van der Waals surface area contributed by atoms with E-state index in [0.29, 0.717) is 31.6 Å². The van der Waals surface area contributed by atoms with E-state index in [0.717, 1.165) is 19.4 Å². The lowest BCUT2D eigenvalue weighted by Crippen LogP contribution is -2.45. The predicted molar refractivity (Wildman–Crippen MR) is 95.8 cm³/mol. The lowest BCUT2D eigenvalue weighted by atomic mass is 9.97. The Hall–Kier alpha value is -1.41. The van der Waals surface area contributed by atoms with Crippen LogP contribution in [0.3, 0.4) is 0 Å². The molecular formula is C17H32N4O4. The molecule has 25 heavy (non-hydrogen) atoms. The van der Waals surface area contributed by atoms with Crippen molar-refractivity contribution in [3.8, 4) is 0 Å². The minimum absolute atomic E-state index is 0.119. The molecule has 2 rings (SSSR count). The van der Waals surface area contributed by atoms with Gasteiger partial charge >= 0.3 is 0 Å². The first kappa shape index (κ1) is 19.9. The van der Waals surface area contributed by atoms with Crippen molar-refractivity contribution in [2.24, 2.45) is 11.0 Å². The fourth-order valence-electron chi connectivity index (χ4n) is 3.61. The fourth-order valence-corrected chi connectivity index (χ4v) is 3.61. The van der Waals surface area contributed by atoms with Gasteiger partial charge in [0.05, 0.1) is 17.8 Å². The smallest absolute Gasteiger partial charge is 0.276 e. The molecule has 2 aliphatic rings. The summed E-state index contributed by atoms with van der Waals surface area (Å²) in [4.78, 5) is 15.0. The van der Waals surface area contributed by atoms with Gasteiger partial charge in [0.2, 0.25) is 0 Å². The van der Waals surface area contributed by atoms with Crippen LogP contribution < -0.4 is 0 Å². The number of ether oxygens (including phenoxy) is 2. The topological polar surface area (TPSA) is 80.4 Å². The van der Waals surface area contributed by atoms with Crippen LogP contribution in [-0.4, -0.2) is 64.5 Å². The summed E-state index contributed by atoms with van der Waals surface area (Å²) in [5.74, 6) is 0.765. The molecule has 0 aromatic heterocycles. The highest BCUT2D eigenvalue weighted by atomic mass is 16.7. The number of nitrogens with zero attached hydrogens (tertiary/aromatic N) is 4. The Labute approximate surface area is 150 Å². The van der Waals surface area contributed by atoms with Gasteiger partial charge in [0.15, 0.2) is 5.03 Å². The summed E-state index contributed by atoms with van der Waals surface area (Å²) >= 11 is 0. The molecule has 0 aromatic rings. The molecule has 0 N–H and O–H groups in total. The van der Waals surface area contributed by atoms with E-state index in [1.807, 2.05) is 37.5 Å². The number of guanidine groups is 1. The normalized spacial score (nSPS) is 26.5. The third-order valence-electron chi connectivity index (χ3n) is 4.48. The Morgan fingerprint density at radius 3 is 2.60 bits per heavy atom. The van der Waals surface area contributed by atoms with Crippen LogP contribution >= 0.6 is 0 Å². The van der Waals surface area contributed by atoms with Gasteiger partial charge in [-0.1, -0.05) is 6.92 Å². The molecule has 2 unspecified atom stereocenters. The van der Waals surface area contributed by atoms with Gasteiger partial charge in [0.25, 0.3) is 5.96 Å². The summed E-state index contributed by atoms with van der Waals surface area (Å²) in [6.45, 7) is 15.0. The largest absolute Gasteiger partial charge is 0.375 e. The molecule has 0 radical (unpaired) electrons. The Balaban J connectivity index is 2.13. The van der Waals surface area contributed by atoms with Gasteiger partial charge in [-0.25, -0.2) is 10.1 Å². The summed E-state index contributed by atoms with van der Waals surface area (Å²) in [6, 6.07) is 0. The molecule has 2 fully saturated rings. The Morgan fingerprint density at radius 2 is 2.12 bits per heavy atom. The van der Waals surface area contributed by atoms with Gasteiger partial charge in [-0.15, -0.1) is 0 Å². The molecular weight excluding hydrogens is 324 g/mol. The predicted octanol–water partition coefficient (Wildman–Crippen LogP) is 2.52. The van der Waals surface area contributed by atoms with Gasteiger partial charge in [0.1, 0.15) is 11.3 Å². The maximum absolute atomic E-state index is 11.1. The third-order valence-corrected chi connectivity index (χ3v) is 4.48. The van der Waals surface area contributed by atoms with Gasteiger partial charge in [-0.3, -0.25) is 0 Å². The summed E-state index contributed by atoms with van der Waals surface area (Å²) in [7, 11) is 0. The zero-order valence-corrected chi connectivity index (χ0v) is 16.3. The SMILES string of the molecule is CCC(OC(C)(C)C)N1CCN(CC2COC(C)(C)C2)C1=N[N+](=O)[O-]. The zero-order chi connectivity index (χ0) is 18.8. The van der Waals surface area contributed by atoms with Gasteiger partial charge in [-0.05, 0) is 47.5 Å². The van der Waals surface area contributed by atoms with Crippen LogP contribution in [0.1, 0.15) is 54.4 Å². The highest BCUT2D eigenvalue weighted by Gasteiger charge is 2.39. The second-order valence-electron chi connectivity index (χ2n) is 8.51. The zero-order valence-electron chi connectivity index (χ0n) is 16.3. The second-order valence-corrected chi connectivity index (χ2v) is 8.51. The van der Waals surface area contributed by atoms with Crippen molar-refractivity contribution < 1.29 is 14.5 Å². The van der Waals surface area contributed by atoms with Crippen molar-refractivity contribution in [3.63, 3.8) is 0 Å². The molecule has 8 nitrogen and oxygen atoms in total. The minimum Gasteiger partial charge on any atom is -0.375 e.